The van der Waals surface area contributed by atoms with Gasteiger partial charge in [-0.25, -0.2) is 4.98 Å². The Morgan fingerprint density at radius 2 is 2.32 bits per heavy atom. The van der Waals surface area contributed by atoms with Crippen LogP contribution in [0.1, 0.15) is 23.6 Å². The Kier molecular flexibility index (Phi) is 4.18. The number of hydrogen-bond donors (Lipinski definition) is 1. The predicted octanol–water partition coefficient (Wildman–Crippen LogP) is 2.29. The minimum absolute atomic E-state index is 0.0606. The number of aryl methyl sites for hydroxylation is 1. The molecule has 1 heterocycles. The number of ether oxygens (including phenoxy) is 1. The minimum Gasteiger partial charge on any atom is -0.497 e. The molecule has 0 fully saturated rings. The topological polar surface area (TPSA) is 72.6 Å². The minimum atomic E-state index is -0.836. The Labute approximate surface area is 110 Å². The molecule has 1 aromatic carbocycles. The molecular formula is C14H15NO4. The number of aromatic nitrogens is 1. The lowest BCUT2D eigenvalue weighted by atomic mass is 10.1. The van der Waals surface area contributed by atoms with Gasteiger partial charge in [0.05, 0.1) is 19.2 Å². The highest BCUT2D eigenvalue weighted by atomic mass is 16.5. The summed E-state index contributed by atoms with van der Waals surface area (Å²) >= 11 is 0. The monoisotopic (exact) mass is 261 g/mol. The predicted molar refractivity (Wildman–Crippen MR) is 68.3 cm³/mol. The van der Waals surface area contributed by atoms with Crippen molar-refractivity contribution in [2.75, 3.05) is 7.11 Å². The van der Waals surface area contributed by atoms with Crippen LogP contribution < -0.4 is 4.74 Å². The summed E-state index contributed by atoms with van der Waals surface area (Å²) in [6.07, 6.45) is 2.52. The molecule has 5 heteroatoms. The summed E-state index contributed by atoms with van der Waals surface area (Å²) in [5.41, 5.74) is 1.70. The zero-order chi connectivity index (χ0) is 13.7. The molecule has 0 bridgehead atoms. The number of rotatable bonds is 6. The van der Waals surface area contributed by atoms with Crippen LogP contribution in [0.2, 0.25) is 0 Å². The van der Waals surface area contributed by atoms with Gasteiger partial charge < -0.3 is 14.3 Å². The van der Waals surface area contributed by atoms with Crippen LogP contribution >= 0.6 is 0 Å². The van der Waals surface area contributed by atoms with Crippen LogP contribution in [0.25, 0.3) is 0 Å². The third-order valence-electron chi connectivity index (χ3n) is 2.68. The molecule has 2 rings (SSSR count). The summed E-state index contributed by atoms with van der Waals surface area (Å²) in [4.78, 5) is 14.7. The summed E-state index contributed by atoms with van der Waals surface area (Å²) in [6.45, 7) is 0. The second-order valence-electron chi connectivity index (χ2n) is 4.15. The SMILES string of the molecule is COc1cccc(Cc2nc(CCC(=O)O)co2)c1. The van der Waals surface area contributed by atoms with Crippen LogP contribution in [0.3, 0.4) is 0 Å². The van der Waals surface area contributed by atoms with Crippen molar-refractivity contribution in [2.45, 2.75) is 19.3 Å². The van der Waals surface area contributed by atoms with Crippen molar-refractivity contribution in [3.63, 3.8) is 0 Å². The second-order valence-corrected chi connectivity index (χ2v) is 4.15. The highest BCUT2D eigenvalue weighted by Crippen LogP contribution is 2.16. The zero-order valence-electron chi connectivity index (χ0n) is 10.6. The molecule has 1 N–H and O–H groups in total. The number of carboxylic acids is 1. The van der Waals surface area contributed by atoms with Gasteiger partial charge in [0.2, 0.25) is 0 Å². The van der Waals surface area contributed by atoms with Crippen molar-refractivity contribution in [3.05, 3.63) is 47.7 Å². The summed E-state index contributed by atoms with van der Waals surface area (Å²) in [6, 6.07) is 7.66. The zero-order valence-corrected chi connectivity index (χ0v) is 10.6. The van der Waals surface area contributed by atoms with Crippen molar-refractivity contribution < 1.29 is 19.1 Å². The molecule has 0 unspecified atom stereocenters. The molecule has 0 aliphatic heterocycles. The normalized spacial score (nSPS) is 10.4. The summed E-state index contributed by atoms with van der Waals surface area (Å²) < 4.78 is 10.5. The molecule has 5 nitrogen and oxygen atoms in total. The molecule has 0 spiro atoms. The van der Waals surface area contributed by atoms with Crippen LogP contribution in [0.15, 0.2) is 34.9 Å². The van der Waals surface area contributed by atoms with Crippen LogP contribution in [0.4, 0.5) is 0 Å². The Balaban J connectivity index is 2.00. The quantitative estimate of drug-likeness (QED) is 0.863. The van der Waals surface area contributed by atoms with Gasteiger partial charge in [0.25, 0.3) is 0 Å². The highest BCUT2D eigenvalue weighted by molar-refractivity contribution is 5.66. The fourth-order valence-electron chi connectivity index (χ4n) is 1.74. The number of aliphatic carboxylic acids is 1. The number of carboxylic acid groups (broad SMARTS) is 1. The Morgan fingerprint density at radius 3 is 3.05 bits per heavy atom. The van der Waals surface area contributed by atoms with Gasteiger partial charge in [0.1, 0.15) is 12.0 Å². The molecule has 0 radical (unpaired) electrons. The van der Waals surface area contributed by atoms with Crippen molar-refractivity contribution in [1.29, 1.82) is 0 Å². The molecule has 0 amide bonds. The summed E-state index contributed by atoms with van der Waals surface area (Å²) in [5.74, 6) is 0.529. The van der Waals surface area contributed by atoms with E-state index in [1.165, 1.54) is 6.26 Å². The van der Waals surface area contributed by atoms with E-state index in [0.717, 1.165) is 11.3 Å². The molecule has 0 aliphatic rings. The average Bonchev–Trinajstić information content (AvgIpc) is 2.84. The van der Waals surface area contributed by atoms with Gasteiger partial charge >= 0.3 is 5.97 Å². The van der Waals surface area contributed by atoms with E-state index >= 15 is 0 Å². The van der Waals surface area contributed by atoms with Gasteiger partial charge in [-0.1, -0.05) is 12.1 Å². The molecule has 1 aromatic heterocycles. The van der Waals surface area contributed by atoms with Crippen LogP contribution in [0.5, 0.6) is 5.75 Å². The lowest BCUT2D eigenvalue weighted by Crippen LogP contribution is -1.98. The average molecular weight is 261 g/mol. The van der Waals surface area contributed by atoms with E-state index in [9.17, 15) is 4.79 Å². The van der Waals surface area contributed by atoms with Gasteiger partial charge in [-0.2, -0.15) is 0 Å². The molecule has 0 saturated heterocycles. The first kappa shape index (κ1) is 13.1. The standard InChI is InChI=1S/C14H15NO4/c1-18-12-4-2-3-10(7-12)8-13-15-11(9-19-13)5-6-14(16)17/h2-4,7,9H,5-6,8H2,1H3,(H,16,17). The number of nitrogens with zero attached hydrogens (tertiary/aromatic N) is 1. The maximum Gasteiger partial charge on any atom is 0.303 e. The van der Waals surface area contributed by atoms with Crippen molar-refractivity contribution in [2.24, 2.45) is 0 Å². The van der Waals surface area contributed by atoms with Crippen LogP contribution in [-0.4, -0.2) is 23.2 Å². The highest BCUT2D eigenvalue weighted by Gasteiger charge is 2.07. The Hall–Kier alpha value is -2.30. The molecule has 2 aromatic rings. The number of benzene rings is 1. The van der Waals surface area contributed by atoms with Gasteiger partial charge in [-0.3, -0.25) is 4.79 Å². The molecule has 0 atom stereocenters. The summed E-state index contributed by atoms with van der Waals surface area (Å²) in [7, 11) is 1.62. The number of methoxy groups -OCH3 is 1. The smallest absolute Gasteiger partial charge is 0.303 e. The maximum absolute atomic E-state index is 10.5. The second kappa shape index (κ2) is 6.04. The van der Waals surface area contributed by atoms with Crippen LogP contribution in [0, 0.1) is 0 Å². The Morgan fingerprint density at radius 1 is 1.47 bits per heavy atom. The van der Waals surface area contributed by atoms with Gasteiger partial charge in [0, 0.05) is 12.8 Å². The number of carbonyl (C=O) groups is 1. The molecule has 0 aliphatic carbocycles. The lowest BCUT2D eigenvalue weighted by Gasteiger charge is -2.01. The lowest BCUT2D eigenvalue weighted by molar-refractivity contribution is -0.136. The van der Waals surface area contributed by atoms with Gasteiger partial charge in [-0.15, -0.1) is 0 Å². The molecule has 0 saturated carbocycles. The van der Waals surface area contributed by atoms with Crippen molar-refractivity contribution in [1.82, 2.24) is 4.98 Å². The first-order valence-electron chi connectivity index (χ1n) is 5.95. The molecule has 100 valence electrons. The van der Waals surface area contributed by atoms with Gasteiger partial charge in [0.15, 0.2) is 5.89 Å². The Bertz CT molecular complexity index is 562. The number of hydrogen-bond acceptors (Lipinski definition) is 4. The van der Waals surface area contributed by atoms with E-state index in [-0.39, 0.29) is 6.42 Å². The molecular weight excluding hydrogens is 246 g/mol. The van der Waals surface area contributed by atoms with E-state index in [0.29, 0.717) is 24.4 Å². The first-order valence-corrected chi connectivity index (χ1v) is 5.95. The van der Waals surface area contributed by atoms with Crippen molar-refractivity contribution >= 4 is 5.97 Å². The van der Waals surface area contributed by atoms with Gasteiger partial charge in [-0.05, 0) is 17.7 Å². The van der Waals surface area contributed by atoms with E-state index in [1.54, 1.807) is 7.11 Å². The first-order chi connectivity index (χ1) is 9.17. The number of oxazole rings is 1. The fraction of sp³-hybridized carbons (Fsp3) is 0.286. The largest absolute Gasteiger partial charge is 0.497 e. The van der Waals surface area contributed by atoms with E-state index in [2.05, 4.69) is 4.98 Å². The third kappa shape index (κ3) is 3.84. The third-order valence-corrected chi connectivity index (χ3v) is 2.68. The fourth-order valence-corrected chi connectivity index (χ4v) is 1.74. The summed E-state index contributed by atoms with van der Waals surface area (Å²) in [5, 5.41) is 8.60. The van der Waals surface area contributed by atoms with E-state index in [4.69, 9.17) is 14.3 Å². The molecule has 19 heavy (non-hydrogen) atoms. The van der Waals surface area contributed by atoms with E-state index in [1.807, 2.05) is 24.3 Å². The van der Waals surface area contributed by atoms with Crippen LogP contribution in [-0.2, 0) is 17.6 Å². The maximum atomic E-state index is 10.5. The van der Waals surface area contributed by atoms with E-state index < -0.39 is 5.97 Å². The van der Waals surface area contributed by atoms with Crippen molar-refractivity contribution in [3.8, 4) is 5.75 Å².